The van der Waals surface area contributed by atoms with Crippen LogP contribution < -0.4 is 5.32 Å². The van der Waals surface area contributed by atoms with Crippen molar-refractivity contribution in [3.05, 3.63) is 28.8 Å². The highest BCUT2D eigenvalue weighted by Gasteiger charge is 2.38. The summed E-state index contributed by atoms with van der Waals surface area (Å²) in [7, 11) is 0. The number of halogens is 1. The molecule has 0 fully saturated rings. The van der Waals surface area contributed by atoms with Gasteiger partial charge < -0.3 is 10.2 Å². The van der Waals surface area contributed by atoms with Gasteiger partial charge in [-0.25, -0.2) is 0 Å². The topological polar surface area (TPSA) is 49.4 Å². The van der Waals surface area contributed by atoms with Crippen LogP contribution in [0.3, 0.4) is 0 Å². The van der Waals surface area contributed by atoms with Crippen LogP contribution in [0.25, 0.3) is 0 Å². The zero-order chi connectivity index (χ0) is 16.2. The summed E-state index contributed by atoms with van der Waals surface area (Å²) in [6.45, 7) is 10.1. The minimum atomic E-state index is -1.12. The number of anilines is 1. The molecule has 1 aromatic rings. The fourth-order valence-electron chi connectivity index (χ4n) is 2.02. The van der Waals surface area contributed by atoms with Crippen molar-refractivity contribution in [1.29, 1.82) is 0 Å². The van der Waals surface area contributed by atoms with Crippen LogP contribution in [0.4, 0.5) is 5.69 Å². The standard InChI is InChI=1S/C16H23ClN2O2/c1-6-19(7-2)15(21)16(4,5)14(20)18-13-10-8-9-12(17)11(13)3/h8-10H,6-7H2,1-5H3,(H,18,20). The van der Waals surface area contributed by atoms with E-state index in [1.54, 1.807) is 36.9 Å². The van der Waals surface area contributed by atoms with Gasteiger partial charge in [0.15, 0.2) is 0 Å². The molecule has 0 atom stereocenters. The van der Waals surface area contributed by atoms with Gasteiger partial charge in [-0.05, 0) is 52.3 Å². The molecule has 1 rings (SSSR count). The molecular formula is C16H23ClN2O2. The molecule has 4 nitrogen and oxygen atoms in total. The second kappa shape index (κ2) is 6.94. The normalized spacial score (nSPS) is 11.1. The second-order valence-electron chi connectivity index (χ2n) is 5.47. The van der Waals surface area contributed by atoms with Gasteiger partial charge in [0.2, 0.25) is 11.8 Å². The molecule has 5 heteroatoms. The Morgan fingerprint density at radius 1 is 1.24 bits per heavy atom. The molecule has 0 saturated carbocycles. The Bertz CT molecular complexity index is 537. The molecule has 0 saturated heterocycles. The van der Waals surface area contributed by atoms with Gasteiger partial charge in [-0.3, -0.25) is 9.59 Å². The van der Waals surface area contributed by atoms with Gasteiger partial charge in [-0.15, -0.1) is 0 Å². The van der Waals surface area contributed by atoms with Crippen molar-refractivity contribution in [2.75, 3.05) is 18.4 Å². The van der Waals surface area contributed by atoms with E-state index in [4.69, 9.17) is 11.6 Å². The molecule has 0 bridgehead atoms. The fourth-order valence-corrected chi connectivity index (χ4v) is 2.20. The first kappa shape index (κ1) is 17.5. The summed E-state index contributed by atoms with van der Waals surface area (Å²) >= 11 is 6.04. The molecule has 0 aromatic heterocycles. The number of carbonyl (C=O) groups excluding carboxylic acids is 2. The molecule has 2 amide bonds. The lowest BCUT2D eigenvalue weighted by atomic mass is 9.90. The van der Waals surface area contributed by atoms with E-state index in [9.17, 15) is 9.59 Å². The third-order valence-electron chi connectivity index (χ3n) is 3.67. The molecule has 1 aromatic carbocycles. The summed E-state index contributed by atoms with van der Waals surface area (Å²) in [6, 6.07) is 5.31. The Morgan fingerprint density at radius 2 is 1.81 bits per heavy atom. The van der Waals surface area contributed by atoms with Crippen molar-refractivity contribution >= 4 is 29.1 Å². The predicted octanol–water partition coefficient (Wildman–Crippen LogP) is 3.48. The van der Waals surface area contributed by atoms with Crippen molar-refractivity contribution in [2.24, 2.45) is 5.41 Å². The lowest BCUT2D eigenvalue weighted by Gasteiger charge is -2.29. The zero-order valence-corrected chi connectivity index (χ0v) is 14.0. The van der Waals surface area contributed by atoms with Crippen LogP contribution in [-0.4, -0.2) is 29.8 Å². The first-order valence-electron chi connectivity index (χ1n) is 7.11. The Morgan fingerprint density at radius 3 is 2.33 bits per heavy atom. The lowest BCUT2D eigenvalue weighted by molar-refractivity contribution is -0.146. The van der Waals surface area contributed by atoms with E-state index < -0.39 is 5.41 Å². The van der Waals surface area contributed by atoms with Gasteiger partial charge in [0, 0.05) is 23.8 Å². The molecule has 1 N–H and O–H groups in total. The fraction of sp³-hybridized carbons (Fsp3) is 0.500. The number of carbonyl (C=O) groups is 2. The monoisotopic (exact) mass is 310 g/mol. The number of hydrogen-bond acceptors (Lipinski definition) is 2. The molecule has 0 aliphatic carbocycles. The van der Waals surface area contributed by atoms with Gasteiger partial charge in [0.25, 0.3) is 0 Å². The Labute approximate surface area is 131 Å². The van der Waals surface area contributed by atoms with Crippen molar-refractivity contribution in [1.82, 2.24) is 4.90 Å². The van der Waals surface area contributed by atoms with E-state index in [1.807, 2.05) is 20.8 Å². The summed E-state index contributed by atoms with van der Waals surface area (Å²) < 4.78 is 0. The molecule has 21 heavy (non-hydrogen) atoms. The van der Waals surface area contributed by atoms with E-state index >= 15 is 0 Å². The number of nitrogens with one attached hydrogen (secondary N) is 1. The van der Waals surface area contributed by atoms with E-state index in [0.717, 1.165) is 5.56 Å². The van der Waals surface area contributed by atoms with Crippen molar-refractivity contribution in [3.63, 3.8) is 0 Å². The number of rotatable bonds is 5. The zero-order valence-electron chi connectivity index (χ0n) is 13.3. The maximum Gasteiger partial charge on any atom is 0.239 e. The average molecular weight is 311 g/mol. The van der Waals surface area contributed by atoms with Crippen molar-refractivity contribution < 1.29 is 9.59 Å². The van der Waals surface area contributed by atoms with Crippen LogP contribution in [0.15, 0.2) is 18.2 Å². The Balaban J connectivity index is 2.96. The Kier molecular flexibility index (Phi) is 5.78. The highest BCUT2D eigenvalue weighted by atomic mass is 35.5. The van der Waals surface area contributed by atoms with Crippen molar-refractivity contribution in [2.45, 2.75) is 34.6 Å². The minimum absolute atomic E-state index is 0.176. The van der Waals surface area contributed by atoms with E-state index in [2.05, 4.69) is 5.32 Å². The molecule has 0 heterocycles. The molecular weight excluding hydrogens is 288 g/mol. The minimum Gasteiger partial charge on any atom is -0.342 e. The van der Waals surface area contributed by atoms with Crippen LogP contribution in [0, 0.1) is 12.3 Å². The van der Waals surface area contributed by atoms with Gasteiger partial charge in [0.1, 0.15) is 5.41 Å². The first-order chi connectivity index (χ1) is 9.75. The van der Waals surface area contributed by atoms with E-state index in [-0.39, 0.29) is 11.8 Å². The smallest absolute Gasteiger partial charge is 0.239 e. The number of benzene rings is 1. The molecule has 0 spiro atoms. The van der Waals surface area contributed by atoms with Gasteiger partial charge in [-0.1, -0.05) is 17.7 Å². The molecule has 116 valence electrons. The number of nitrogens with zero attached hydrogens (tertiary/aromatic N) is 1. The summed E-state index contributed by atoms with van der Waals surface area (Å²) in [5.74, 6) is -0.505. The van der Waals surface area contributed by atoms with E-state index in [0.29, 0.717) is 23.8 Å². The summed E-state index contributed by atoms with van der Waals surface area (Å²) in [5, 5.41) is 3.39. The first-order valence-corrected chi connectivity index (χ1v) is 7.49. The van der Waals surface area contributed by atoms with Crippen LogP contribution in [-0.2, 0) is 9.59 Å². The van der Waals surface area contributed by atoms with Crippen LogP contribution in [0.1, 0.15) is 33.3 Å². The summed E-state index contributed by atoms with van der Waals surface area (Å²) in [5.41, 5.74) is 0.298. The van der Waals surface area contributed by atoms with Crippen molar-refractivity contribution in [3.8, 4) is 0 Å². The third-order valence-corrected chi connectivity index (χ3v) is 4.08. The number of hydrogen-bond donors (Lipinski definition) is 1. The quantitative estimate of drug-likeness (QED) is 0.846. The van der Waals surface area contributed by atoms with Crippen LogP contribution in [0.2, 0.25) is 5.02 Å². The Hall–Kier alpha value is -1.55. The highest BCUT2D eigenvalue weighted by Crippen LogP contribution is 2.26. The van der Waals surface area contributed by atoms with Gasteiger partial charge in [0.05, 0.1) is 0 Å². The molecule has 0 aliphatic heterocycles. The van der Waals surface area contributed by atoms with Crippen LogP contribution >= 0.6 is 11.6 Å². The maximum atomic E-state index is 12.5. The van der Waals surface area contributed by atoms with Crippen LogP contribution in [0.5, 0.6) is 0 Å². The maximum absolute atomic E-state index is 12.5. The van der Waals surface area contributed by atoms with Gasteiger partial charge in [-0.2, -0.15) is 0 Å². The lowest BCUT2D eigenvalue weighted by Crippen LogP contribution is -2.47. The van der Waals surface area contributed by atoms with E-state index in [1.165, 1.54) is 0 Å². The summed E-state index contributed by atoms with van der Waals surface area (Å²) in [6.07, 6.45) is 0. The predicted molar refractivity (Wildman–Crippen MR) is 86.5 cm³/mol. The highest BCUT2D eigenvalue weighted by molar-refractivity contribution is 6.31. The third kappa shape index (κ3) is 3.76. The summed E-state index contributed by atoms with van der Waals surface area (Å²) in [4.78, 5) is 26.6. The largest absolute Gasteiger partial charge is 0.342 e. The second-order valence-corrected chi connectivity index (χ2v) is 5.88. The number of amides is 2. The average Bonchev–Trinajstić information content (AvgIpc) is 2.44. The molecule has 0 aliphatic rings. The SMILES string of the molecule is CCN(CC)C(=O)C(C)(C)C(=O)Nc1cccc(Cl)c1C. The molecule has 0 unspecified atom stereocenters. The molecule has 0 radical (unpaired) electrons. The van der Waals surface area contributed by atoms with Gasteiger partial charge >= 0.3 is 0 Å².